The Balaban J connectivity index is 1.61. The number of alkyl halides is 2. The van der Waals surface area contributed by atoms with Crippen LogP contribution in [0.2, 0.25) is 0 Å². The van der Waals surface area contributed by atoms with E-state index in [1.165, 1.54) is 0 Å². The van der Waals surface area contributed by atoms with Gasteiger partial charge >= 0.3 is 0 Å². The van der Waals surface area contributed by atoms with E-state index >= 15 is 0 Å². The molecule has 1 aromatic heterocycles. The fourth-order valence-corrected chi connectivity index (χ4v) is 3.10. The van der Waals surface area contributed by atoms with Crippen LogP contribution in [0, 0.1) is 13.8 Å². The van der Waals surface area contributed by atoms with Crippen LogP contribution in [0.15, 0.2) is 6.07 Å². The van der Waals surface area contributed by atoms with E-state index in [0.717, 1.165) is 11.4 Å². The number of rotatable bonds is 3. The van der Waals surface area contributed by atoms with Gasteiger partial charge in [-0.15, -0.1) is 0 Å². The van der Waals surface area contributed by atoms with Crippen LogP contribution >= 0.6 is 0 Å². The lowest BCUT2D eigenvalue weighted by Gasteiger charge is -2.42. The molecule has 3 heterocycles. The first-order valence-electron chi connectivity index (χ1n) is 8.07. The van der Waals surface area contributed by atoms with E-state index in [1.807, 2.05) is 24.8 Å². The van der Waals surface area contributed by atoms with E-state index in [2.05, 4.69) is 25.5 Å². The second-order valence-electron chi connectivity index (χ2n) is 6.26. The van der Waals surface area contributed by atoms with Gasteiger partial charge in [0, 0.05) is 44.0 Å². The van der Waals surface area contributed by atoms with Crippen molar-refractivity contribution in [2.24, 2.45) is 0 Å². The molecule has 2 saturated heterocycles. The van der Waals surface area contributed by atoms with E-state index < -0.39 is 18.8 Å². The normalized spacial score (nSPS) is 25.9. The van der Waals surface area contributed by atoms with Crippen LogP contribution in [0.3, 0.4) is 0 Å². The predicted octanol–water partition coefficient (Wildman–Crippen LogP) is 0.242. The number of piperazine rings is 1. The van der Waals surface area contributed by atoms with Gasteiger partial charge in [-0.25, -0.2) is 18.7 Å². The summed E-state index contributed by atoms with van der Waals surface area (Å²) in [6.45, 7) is 6.47. The Kier molecular flexibility index (Phi) is 4.91. The molecule has 0 aromatic carbocycles. The molecule has 24 heavy (non-hydrogen) atoms. The van der Waals surface area contributed by atoms with Crippen LogP contribution in [0.5, 0.6) is 0 Å². The zero-order valence-corrected chi connectivity index (χ0v) is 13.8. The van der Waals surface area contributed by atoms with Crippen molar-refractivity contribution < 1.29 is 13.6 Å². The van der Waals surface area contributed by atoms with Crippen molar-refractivity contribution in [2.45, 2.75) is 39.0 Å². The Bertz CT molecular complexity index is 585. The summed E-state index contributed by atoms with van der Waals surface area (Å²) in [5.74, 6) is 0.349. The molecule has 2 aliphatic rings. The summed E-state index contributed by atoms with van der Waals surface area (Å²) in [4.78, 5) is 24.6. The zero-order chi connectivity index (χ0) is 17.3. The maximum absolute atomic E-state index is 12.9. The quantitative estimate of drug-likeness (QED) is 0.821. The summed E-state index contributed by atoms with van der Waals surface area (Å²) in [5.41, 5.74) is 1.84. The number of nitrogens with zero attached hydrogens (tertiary/aromatic N) is 4. The second kappa shape index (κ2) is 6.94. The van der Waals surface area contributed by atoms with Gasteiger partial charge in [-0.2, -0.15) is 0 Å². The molecule has 3 rings (SSSR count). The summed E-state index contributed by atoms with van der Waals surface area (Å²) in [6.07, 6.45) is -3.29. The standard InChI is InChI=1S/C15H22F2N6O/c1-9-7-10(2)19-14(18-9)22-3-5-23(6-4-22)15-20-11(13(16)17)8-12(24)21-15/h7,11,13,15,20H,3-6,8H2,1-2H3,(H,21,24). The van der Waals surface area contributed by atoms with Crippen LogP contribution in [-0.4, -0.2) is 65.7 Å². The van der Waals surface area contributed by atoms with Crippen molar-refractivity contribution in [2.75, 3.05) is 31.1 Å². The Labute approximate surface area is 139 Å². The number of anilines is 1. The number of nitrogens with one attached hydrogen (secondary N) is 2. The van der Waals surface area contributed by atoms with Crippen molar-refractivity contribution in [3.63, 3.8) is 0 Å². The third-order valence-electron chi connectivity index (χ3n) is 4.31. The molecular weight excluding hydrogens is 318 g/mol. The molecule has 2 N–H and O–H groups in total. The molecule has 1 amide bonds. The van der Waals surface area contributed by atoms with Crippen LogP contribution < -0.4 is 15.5 Å². The molecule has 1 aromatic rings. The average Bonchev–Trinajstić information content (AvgIpc) is 2.53. The first-order valence-corrected chi connectivity index (χ1v) is 8.07. The summed E-state index contributed by atoms with van der Waals surface area (Å²) < 4.78 is 25.8. The Morgan fingerprint density at radius 3 is 2.38 bits per heavy atom. The number of carbonyl (C=O) groups excluding carboxylic acids is 1. The lowest BCUT2D eigenvalue weighted by molar-refractivity contribution is -0.129. The molecule has 2 atom stereocenters. The molecule has 2 aliphatic heterocycles. The number of carbonyl (C=O) groups is 1. The maximum Gasteiger partial charge on any atom is 0.254 e. The number of amides is 1. The molecule has 0 spiro atoms. The first kappa shape index (κ1) is 17.0. The molecule has 2 fully saturated rings. The third-order valence-corrected chi connectivity index (χ3v) is 4.31. The molecular formula is C15H22F2N6O. The van der Waals surface area contributed by atoms with E-state index in [1.54, 1.807) is 0 Å². The van der Waals surface area contributed by atoms with Gasteiger partial charge in [0.15, 0.2) is 0 Å². The highest BCUT2D eigenvalue weighted by molar-refractivity contribution is 5.77. The number of aryl methyl sites for hydroxylation is 2. The van der Waals surface area contributed by atoms with Gasteiger partial charge in [-0.1, -0.05) is 0 Å². The minimum absolute atomic E-state index is 0.190. The van der Waals surface area contributed by atoms with Crippen molar-refractivity contribution >= 4 is 11.9 Å². The minimum atomic E-state index is -2.55. The van der Waals surface area contributed by atoms with Crippen LogP contribution in [-0.2, 0) is 4.79 Å². The SMILES string of the molecule is Cc1cc(C)nc(N2CCN(C3NC(=O)CC(C(F)F)N3)CC2)n1. The summed E-state index contributed by atoms with van der Waals surface area (Å²) in [6, 6.07) is 0.829. The topological polar surface area (TPSA) is 73.4 Å². The Morgan fingerprint density at radius 2 is 1.79 bits per heavy atom. The van der Waals surface area contributed by atoms with Gasteiger partial charge < -0.3 is 10.2 Å². The zero-order valence-electron chi connectivity index (χ0n) is 13.8. The fraction of sp³-hybridized carbons (Fsp3) is 0.667. The molecule has 2 unspecified atom stereocenters. The monoisotopic (exact) mass is 340 g/mol. The van der Waals surface area contributed by atoms with Crippen molar-refractivity contribution in [3.05, 3.63) is 17.5 Å². The van der Waals surface area contributed by atoms with E-state index in [4.69, 9.17) is 0 Å². The number of halogens is 2. The molecule has 132 valence electrons. The van der Waals surface area contributed by atoms with Crippen LogP contribution in [0.4, 0.5) is 14.7 Å². The van der Waals surface area contributed by atoms with Gasteiger partial charge in [-0.05, 0) is 19.9 Å². The number of aromatic nitrogens is 2. The smallest absolute Gasteiger partial charge is 0.254 e. The van der Waals surface area contributed by atoms with Crippen molar-refractivity contribution in [1.82, 2.24) is 25.5 Å². The fourth-order valence-electron chi connectivity index (χ4n) is 3.10. The second-order valence-corrected chi connectivity index (χ2v) is 6.26. The van der Waals surface area contributed by atoms with Gasteiger partial charge in [0.05, 0.1) is 6.04 Å². The molecule has 0 saturated carbocycles. The van der Waals surface area contributed by atoms with Crippen LogP contribution in [0.25, 0.3) is 0 Å². The van der Waals surface area contributed by atoms with E-state index in [9.17, 15) is 13.6 Å². The van der Waals surface area contributed by atoms with E-state index in [-0.39, 0.29) is 12.3 Å². The Hall–Kier alpha value is -1.87. The van der Waals surface area contributed by atoms with Gasteiger partial charge in [0.25, 0.3) is 6.43 Å². The van der Waals surface area contributed by atoms with Crippen molar-refractivity contribution in [3.8, 4) is 0 Å². The highest BCUT2D eigenvalue weighted by Gasteiger charge is 2.35. The average molecular weight is 340 g/mol. The third kappa shape index (κ3) is 3.78. The lowest BCUT2D eigenvalue weighted by atomic mass is 10.1. The highest BCUT2D eigenvalue weighted by atomic mass is 19.3. The van der Waals surface area contributed by atoms with Crippen LogP contribution in [0.1, 0.15) is 17.8 Å². The molecule has 0 bridgehead atoms. The molecule has 9 heteroatoms. The first-order chi connectivity index (χ1) is 11.4. The summed E-state index contributed by atoms with van der Waals surface area (Å²) in [7, 11) is 0. The molecule has 7 nitrogen and oxygen atoms in total. The Morgan fingerprint density at radius 1 is 1.17 bits per heavy atom. The summed E-state index contributed by atoms with van der Waals surface area (Å²) >= 11 is 0. The summed E-state index contributed by atoms with van der Waals surface area (Å²) in [5, 5.41) is 5.56. The van der Waals surface area contributed by atoms with Gasteiger partial charge in [0.2, 0.25) is 11.9 Å². The van der Waals surface area contributed by atoms with Gasteiger partial charge in [0.1, 0.15) is 6.29 Å². The largest absolute Gasteiger partial charge is 0.338 e. The van der Waals surface area contributed by atoms with Gasteiger partial charge in [-0.3, -0.25) is 15.0 Å². The highest BCUT2D eigenvalue weighted by Crippen LogP contribution is 2.16. The predicted molar refractivity (Wildman–Crippen MR) is 84.8 cm³/mol. The van der Waals surface area contributed by atoms with E-state index in [0.29, 0.717) is 32.1 Å². The van der Waals surface area contributed by atoms with Crippen molar-refractivity contribution in [1.29, 1.82) is 0 Å². The molecule has 0 aliphatic carbocycles. The maximum atomic E-state index is 12.9. The number of hydrogen-bond acceptors (Lipinski definition) is 6. The minimum Gasteiger partial charge on any atom is -0.338 e. The lowest BCUT2D eigenvalue weighted by Crippen LogP contribution is -2.67. The molecule has 0 radical (unpaired) electrons. The number of hydrogen-bond donors (Lipinski definition) is 2.